The molecule has 126 valence electrons. The second-order valence-electron chi connectivity index (χ2n) is 5.66. The summed E-state index contributed by atoms with van der Waals surface area (Å²) in [7, 11) is 0. The second kappa shape index (κ2) is 7.27. The number of hydrogen-bond acceptors (Lipinski definition) is 5. The zero-order valence-electron chi connectivity index (χ0n) is 13.5. The van der Waals surface area contributed by atoms with Crippen molar-refractivity contribution in [2.24, 2.45) is 0 Å². The van der Waals surface area contributed by atoms with Crippen LogP contribution in [-0.4, -0.2) is 11.2 Å². The fourth-order valence-corrected chi connectivity index (χ4v) is 3.39. The molecule has 25 heavy (non-hydrogen) atoms. The van der Waals surface area contributed by atoms with Crippen LogP contribution >= 0.6 is 11.3 Å². The van der Waals surface area contributed by atoms with Crippen molar-refractivity contribution in [2.45, 2.75) is 13.0 Å². The molecule has 2 aromatic carbocycles. The Bertz CT molecular complexity index is 890. The van der Waals surface area contributed by atoms with E-state index in [1.54, 1.807) is 23.5 Å². The zero-order chi connectivity index (χ0) is 17.8. The van der Waals surface area contributed by atoms with E-state index in [1.807, 2.05) is 48.7 Å². The first-order valence-corrected chi connectivity index (χ1v) is 8.56. The lowest BCUT2D eigenvalue weighted by Gasteiger charge is -2.19. The number of rotatable bonds is 6. The summed E-state index contributed by atoms with van der Waals surface area (Å²) in [6.07, 6.45) is 0.605. The lowest BCUT2D eigenvalue weighted by Crippen LogP contribution is -2.12. The molecule has 0 aliphatic carbocycles. The zero-order valence-corrected chi connectivity index (χ0v) is 14.3. The highest BCUT2D eigenvalue weighted by Gasteiger charge is 2.21. The second-order valence-corrected chi connectivity index (χ2v) is 6.63. The molecule has 5 nitrogen and oxygen atoms in total. The van der Waals surface area contributed by atoms with Crippen molar-refractivity contribution in [2.75, 3.05) is 5.32 Å². The average Bonchev–Trinajstić information content (AvgIpc) is 3.15. The number of hydrogen-bond donors (Lipinski definition) is 1. The van der Waals surface area contributed by atoms with Gasteiger partial charge in [0, 0.05) is 16.5 Å². The molecule has 0 fully saturated rings. The molecule has 1 atom stereocenters. The van der Waals surface area contributed by atoms with Crippen LogP contribution in [-0.2, 0) is 0 Å². The lowest BCUT2D eigenvalue weighted by molar-refractivity contribution is -0.384. The summed E-state index contributed by atoms with van der Waals surface area (Å²) < 4.78 is 0. The van der Waals surface area contributed by atoms with Crippen LogP contribution in [0.3, 0.4) is 0 Å². The van der Waals surface area contributed by atoms with Crippen LogP contribution in [0.1, 0.15) is 32.4 Å². The molecule has 0 saturated heterocycles. The smallest absolute Gasteiger partial charge is 0.293 e. The summed E-state index contributed by atoms with van der Waals surface area (Å²) in [6, 6.07) is 16.2. The molecule has 1 N–H and O–H groups in total. The lowest BCUT2D eigenvalue weighted by atomic mass is 10.0. The fraction of sp³-hybridized carbons (Fsp3) is 0.105. The van der Waals surface area contributed by atoms with Crippen LogP contribution in [0.25, 0.3) is 0 Å². The quantitative estimate of drug-likeness (QED) is 0.386. The molecule has 0 aliphatic heterocycles. The Morgan fingerprint density at radius 1 is 1.16 bits per heavy atom. The van der Waals surface area contributed by atoms with Gasteiger partial charge in [0.1, 0.15) is 12.0 Å². The Morgan fingerprint density at radius 3 is 2.52 bits per heavy atom. The maximum Gasteiger partial charge on any atom is 0.293 e. The monoisotopic (exact) mass is 352 g/mol. The molecule has 0 aliphatic rings. The van der Waals surface area contributed by atoms with E-state index >= 15 is 0 Å². The number of aryl methyl sites for hydroxylation is 1. The van der Waals surface area contributed by atoms with Crippen molar-refractivity contribution in [1.29, 1.82) is 0 Å². The van der Waals surface area contributed by atoms with Gasteiger partial charge in [0.15, 0.2) is 0 Å². The maximum absolute atomic E-state index is 11.4. The molecule has 6 heteroatoms. The van der Waals surface area contributed by atoms with Crippen molar-refractivity contribution in [3.63, 3.8) is 0 Å². The van der Waals surface area contributed by atoms with Gasteiger partial charge in [-0.2, -0.15) is 0 Å². The number of nitro benzene ring substituents is 1. The number of nitrogens with zero attached hydrogens (tertiary/aromatic N) is 1. The summed E-state index contributed by atoms with van der Waals surface area (Å²) >= 11 is 1.58. The van der Waals surface area contributed by atoms with E-state index < -0.39 is 4.92 Å². The highest BCUT2D eigenvalue weighted by molar-refractivity contribution is 7.10. The van der Waals surface area contributed by atoms with Crippen molar-refractivity contribution in [3.8, 4) is 0 Å². The maximum atomic E-state index is 11.4. The molecule has 3 rings (SSSR count). The van der Waals surface area contributed by atoms with Crippen LogP contribution in [0.5, 0.6) is 0 Å². The summed E-state index contributed by atoms with van der Waals surface area (Å²) in [5, 5.41) is 16.6. The third kappa shape index (κ3) is 3.75. The Morgan fingerprint density at radius 2 is 1.92 bits per heavy atom. The molecule has 0 bridgehead atoms. The number of thiophene rings is 1. The average molecular weight is 352 g/mol. The van der Waals surface area contributed by atoms with E-state index in [4.69, 9.17) is 0 Å². The first-order chi connectivity index (χ1) is 12.1. The third-order valence-electron chi connectivity index (χ3n) is 3.89. The van der Waals surface area contributed by atoms with E-state index in [0.29, 0.717) is 12.0 Å². The predicted molar refractivity (Wildman–Crippen MR) is 99.4 cm³/mol. The third-order valence-corrected chi connectivity index (χ3v) is 4.83. The van der Waals surface area contributed by atoms with Gasteiger partial charge in [0.25, 0.3) is 5.69 Å². The molecule has 1 aromatic heterocycles. The highest BCUT2D eigenvalue weighted by Crippen LogP contribution is 2.34. The topological polar surface area (TPSA) is 72.2 Å². The van der Waals surface area contributed by atoms with Gasteiger partial charge in [0.2, 0.25) is 0 Å². The summed E-state index contributed by atoms with van der Waals surface area (Å²) in [4.78, 5) is 22.9. The molecule has 0 spiro atoms. The predicted octanol–water partition coefficient (Wildman–Crippen LogP) is 4.98. The molecule has 1 heterocycles. The standard InChI is InChI=1S/C19H16N2O3S/c1-13-4-7-15(8-5-13)19(18-3-2-10-25-18)20-16-9-6-14(12-22)11-17(16)21(23)24/h2-12,19-20H,1H3/t19-/m1/s1. The minimum absolute atomic E-state index is 0.113. The first-order valence-electron chi connectivity index (χ1n) is 7.68. The number of carbonyl (C=O) groups is 1. The van der Waals surface area contributed by atoms with Crippen molar-refractivity contribution in [3.05, 3.63) is 91.7 Å². The molecular formula is C19H16N2O3S. The van der Waals surface area contributed by atoms with Crippen LogP contribution in [0.15, 0.2) is 60.0 Å². The van der Waals surface area contributed by atoms with Crippen molar-refractivity contribution >= 4 is 29.0 Å². The Hall–Kier alpha value is -2.99. The number of benzene rings is 2. The van der Waals surface area contributed by atoms with Gasteiger partial charge in [-0.05, 0) is 36.1 Å². The van der Waals surface area contributed by atoms with Gasteiger partial charge in [-0.1, -0.05) is 35.9 Å². The van der Waals surface area contributed by atoms with E-state index in [1.165, 1.54) is 6.07 Å². The number of carbonyl (C=O) groups excluding carboxylic acids is 1. The van der Waals surface area contributed by atoms with Gasteiger partial charge >= 0.3 is 0 Å². The first kappa shape index (κ1) is 16.9. The molecule has 0 radical (unpaired) electrons. The van der Waals surface area contributed by atoms with Gasteiger partial charge in [-0.25, -0.2) is 0 Å². The molecule has 0 amide bonds. The SMILES string of the molecule is Cc1ccc([C@@H](Nc2ccc(C=O)cc2[N+](=O)[O-])c2cccs2)cc1. The molecular weight excluding hydrogens is 336 g/mol. The molecule has 0 unspecified atom stereocenters. The molecule has 0 saturated carbocycles. The van der Waals surface area contributed by atoms with Crippen molar-refractivity contribution in [1.82, 2.24) is 0 Å². The molecule has 3 aromatic rings. The van der Waals surface area contributed by atoms with Gasteiger partial charge in [-0.15, -0.1) is 11.3 Å². The Balaban J connectivity index is 2.03. The Labute approximate surface area is 149 Å². The largest absolute Gasteiger partial charge is 0.368 e. The van der Waals surface area contributed by atoms with Crippen molar-refractivity contribution < 1.29 is 9.72 Å². The summed E-state index contributed by atoms with van der Waals surface area (Å²) in [5.74, 6) is 0. The minimum Gasteiger partial charge on any atom is -0.368 e. The van der Waals surface area contributed by atoms with Crippen LogP contribution in [0.2, 0.25) is 0 Å². The minimum atomic E-state index is -0.476. The van der Waals surface area contributed by atoms with E-state index in [2.05, 4.69) is 5.32 Å². The highest BCUT2D eigenvalue weighted by atomic mass is 32.1. The number of anilines is 1. The van der Waals surface area contributed by atoms with E-state index in [0.717, 1.165) is 16.0 Å². The summed E-state index contributed by atoms with van der Waals surface area (Å²) in [6.45, 7) is 2.01. The van der Waals surface area contributed by atoms with Gasteiger partial charge in [0.05, 0.1) is 11.0 Å². The summed E-state index contributed by atoms with van der Waals surface area (Å²) in [5.41, 5.74) is 2.71. The normalized spacial score (nSPS) is 11.7. The number of aldehydes is 1. The number of nitrogens with one attached hydrogen (secondary N) is 1. The van der Waals surface area contributed by atoms with Crippen LogP contribution in [0.4, 0.5) is 11.4 Å². The van der Waals surface area contributed by atoms with E-state index in [-0.39, 0.29) is 17.3 Å². The Kier molecular flexibility index (Phi) is 4.90. The van der Waals surface area contributed by atoms with Gasteiger partial charge in [-0.3, -0.25) is 14.9 Å². The van der Waals surface area contributed by atoms with Crippen LogP contribution < -0.4 is 5.32 Å². The van der Waals surface area contributed by atoms with Gasteiger partial charge < -0.3 is 5.32 Å². The number of nitro groups is 1. The fourth-order valence-electron chi connectivity index (χ4n) is 2.58. The van der Waals surface area contributed by atoms with Crippen LogP contribution in [0, 0.1) is 17.0 Å². The van der Waals surface area contributed by atoms with E-state index in [9.17, 15) is 14.9 Å².